The van der Waals surface area contributed by atoms with E-state index in [2.05, 4.69) is 21.3 Å². The number of Topliss-reactive ketones (excluding diaryl/α,β-unsaturated/α-hetero) is 1. The molecule has 9 heteroatoms. The standard InChI is InChI=1S/C21H17N5OS3/c1-2-26-19(18-9-6-10-28-18)24-25-21(26)30-13-17(27)15(11-22)20-23-16(12-29-20)14-7-4-3-5-8-14/h3-10,12,15H,2,13H2,1H3/t15-/m0/s1. The number of carbonyl (C=O) groups is 1. The van der Waals surface area contributed by atoms with Crippen LogP contribution in [0, 0.1) is 11.3 Å². The van der Waals surface area contributed by atoms with Gasteiger partial charge in [-0.05, 0) is 18.4 Å². The number of thiophene rings is 1. The highest BCUT2D eigenvalue weighted by atomic mass is 32.2. The Kier molecular flexibility index (Phi) is 6.38. The molecule has 0 aliphatic carbocycles. The lowest BCUT2D eigenvalue weighted by Gasteiger charge is -2.07. The average molecular weight is 452 g/mol. The van der Waals surface area contributed by atoms with Crippen molar-refractivity contribution in [2.75, 3.05) is 5.75 Å². The van der Waals surface area contributed by atoms with Gasteiger partial charge in [-0.2, -0.15) is 5.26 Å². The van der Waals surface area contributed by atoms with Gasteiger partial charge in [0.2, 0.25) is 0 Å². The molecule has 0 aliphatic rings. The lowest BCUT2D eigenvalue weighted by atomic mass is 10.1. The van der Waals surface area contributed by atoms with Crippen molar-refractivity contribution in [2.45, 2.75) is 24.5 Å². The number of ketones is 1. The molecule has 0 saturated heterocycles. The van der Waals surface area contributed by atoms with Crippen molar-refractivity contribution in [3.63, 3.8) is 0 Å². The highest BCUT2D eigenvalue weighted by molar-refractivity contribution is 7.99. The Labute approximate surface area is 186 Å². The van der Waals surface area contributed by atoms with Crippen molar-refractivity contribution in [1.82, 2.24) is 19.7 Å². The largest absolute Gasteiger partial charge is 0.302 e. The van der Waals surface area contributed by atoms with E-state index < -0.39 is 5.92 Å². The van der Waals surface area contributed by atoms with Crippen LogP contribution in [0.25, 0.3) is 22.0 Å². The predicted molar refractivity (Wildman–Crippen MR) is 121 cm³/mol. The van der Waals surface area contributed by atoms with Crippen LogP contribution in [0.5, 0.6) is 0 Å². The Morgan fingerprint density at radius 1 is 1.20 bits per heavy atom. The summed E-state index contributed by atoms with van der Waals surface area (Å²) in [6.45, 7) is 2.72. The monoisotopic (exact) mass is 451 g/mol. The van der Waals surface area contributed by atoms with E-state index in [0.717, 1.165) is 22.0 Å². The summed E-state index contributed by atoms with van der Waals surface area (Å²) in [5, 5.41) is 23.2. The number of aromatic nitrogens is 4. The van der Waals surface area contributed by atoms with Crippen molar-refractivity contribution in [1.29, 1.82) is 5.26 Å². The fraction of sp³-hybridized carbons (Fsp3) is 0.190. The molecular formula is C21H17N5OS3. The molecule has 0 radical (unpaired) electrons. The van der Waals surface area contributed by atoms with Crippen LogP contribution >= 0.6 is 34.4 Å². The normalized spacial score (nSPS) is 11.9. The van der Waals surface area contributed by atoms with E-state index in [4.69, 9.17) is 0 Å². The Bertz CT molecular complexity index is 1180. The summed E-state index contributed by atoms with van der Waals surface area (Å²) in [5.74, 6) is -0.123. The molecule has 1 aromatic carbocycles. The molecule has 4 aromatic rings. The highest BCUT2D eigenvalue weighted by Crippen LogP contribution is 2.30. The molecule has 4 rings (SSSR count). The molecular weight excluding hydrogens is 434 g/mol. The van der Waals surface area contributed by atoms with Crippen molar-refractivity contribution in [3.8, 4) is 28.0 Å². The van der Waals surface area contributed by atoms with Crippen LogP contribution in [0.4, 0.5) is 0 Å². The van der Waals surface area contributed by atoms with Crippen LogP contribution in [0.15, 0.2) is 58.4 Å². The molecule has 0 N–H and O–H groups in total. The van der Waals surface area contributed by atoms with Crippen molar-refractivity contribution < 1.29 is 4.79 Å². The second-order valence-corrected chi connectivity index (χ2v) is 9.06. The summed E-state index contributed by atoms with van der Waals surface area (Å²) in [4.78, 5) is 18.4. The summed E-state index contributed by atoms with van der Waals surface area (Å²) in [5.41, 5.74) is 1.75. The van der Waals surface area contributed by atoms with Crippen LogP contribution < -0.4 is 0 Å². The number of nitrogens with zero attached hydrogens (tertiary/aromatic N) is 5. The summed E-state index contributed by atoms with van der Waals surface area (Å²) in [6.07, 6.45) is 0. The second kappa shape index (κ2) is 9.34. The quantitative estimate of drug-likeness (QED) is 0.346. The number of nitriles is 1. The van der Waals surface area contributed by atoms with Gasteiger partial charge in [-0.1, -0.05) is 48.2 Å². The molecule has 0 fully saturated rings. The van der Waals surface area contributed by atoms with E-state index in [9.17, 15) is 10.1 Å². The maximum absolute atomic E-state index is 12.8. The third kappa shape index (κ3) is 4.21. The third-order valence-electron chi connectivity index (χ3n) is 4.41. The van der Waals surface area contributed by atoms with Gasteiger partial charge in [0.05, 0.1) is 22.4 Å². The first kappa shape index (κ1) is 20.5. The Balaban J connectivity index is 1.47. The maximum atomic E-state index is 12.8. The fourth-order valence-corrected chi connectivity index (χ4v) is 5.43. The minimum absolute atomic E-state index is 0.140. The number of thioether (sulfide) groups is 1. The average Bonchev–Trinajstić information content (AvgIpc) is 3.53. The Morgan fingerprint density at radius 2 is 2.03 bits per heavy atom. The minimum atomic E-state index is -0.880. The Morgan fingerprint density at radius 3 is 2.73 bits per heavy atom. The second-order valence-electron chi connectivity index (χ2n) is 6.28. The molecule has 0 bridgehead atoms. The van der Waals surface area contributed by atoms with Crippen LogP contribution in [0.1, 0.15) is 17.8 Å². The molecule has 150 valence electrons. The van der Waals surface area contributed by atoms with Gasteiger partial charge < -0.3 is 4.57 Å². The van der Waals surface area contributed by atoms with Gasteiger partial charge in [0, 0.05) is 17.5 Å². The molecule has 3 aromatic heterocycles. The number of rotatable bonds is 8. The Hall–Kier alpha value is -2.80. The van der Waals surface area contributed by atoms with E-state index >= 15 is 0 Å². The van der Waals surface area contributed by atoms with Gasteiger partial charge >= 0.3 is 0 Å². The minimum Gasteiger partial charge on any atom is -0.302 e. The zero-order valence-electron chi connectivity index (χ0n) is 16.1. The summed E-state index contributed by atoms with van der Waals surface area (Å²) < 4.78 is 1.99. The topological polar surface area (TPSA) is 84.5 Å². The number of hydrogen-bond acceptors (Lipinski definition) is 8. The van der Waals surface area contributed by atoms with Crippen molar-refractivity contribution in [2.24, 2.45) is 0 Å². The highest BCUT2D eigenvalue weighted by Gasteiger charge is 2.25. The summed E-state index contributed by atoms with van der Waals surface area (Å²) >= 11 is 4.25. The molecule has 0 aliphatic heterocycles. The third-order valence-corrected chi connectivity index (χ3v) is 7.17. The number of benzene rings is 1. The van der Waals surface area contributed by atoms with Crippen LogP contribution in [0.2, 0.25) is 0 Å². The zero-order valence-corrected chi connectivity index (χ0v) is 18.5. The summed E-state index contributed by atoms with van der Waals surface area (Å²) in [7, 11) is 0. The number of thiazole rings is 1. The molecule has 30 heavy (non-hydrogen) atoms. The molecule has 3 heterocycles. The molecule has 0 unspecified atom stereocenters. The van der Waals surface area contributed by atoms with Gasteiger partial charge in [0.1, 0.15) is 5.01 Å². The van der Waals surface area contributed by atoms with E-state index in [1.165, 1.54) is 23.1 Å². The number of carbonyl (C=O) groups excluding carboxylic acids is 1. The zero-order chi connectivity index (χ0) is 20.9. The molecule has 6 nitrogen and oxygen atoms in total. The lowest BCUT2D eigenvalue weighted by molar-refractivity contribution is -0.116. The van der Waals surface area contributed by atoms with Crippen molar-refractivity contribution >= 4 is 40.2 Å². The molecule has 0 saturated carbocycles. The van der Waals surface area contributed by atoms with E-state index in [1.807, 2.05) is 64.7 Å². The maximum Gasteiger partial charge on any atom is 0.191 e. The first-order chi connectivity index (χ1) is 14.7. The van der Waals surface area contributed by atoms with Crippen LogP contribution in [-0.4, -0.2) is 31.3 Å². The van der Waals surface area contributed by atoms with Crippen LogP contribution in [-0.2, 0) is 11.3 Å². The summed E-state index contributed by atoms with van der Waals surface area (Å²) in [6, 6.07) is 15.8. The lowest BCUT2D eigenvalue weighted by Crippen LogP contribution is -2.13. The van der Waals surface area contributed by atoms with Gasteiger partial charge in [-0.25, -0.2) is 4.98 Å². The van der Waals surface area contributed by atoms with Gasteiger partial charge in [0.15, 0.2) is 22.7 Å². The van der Waals surface area contributed by atoms with Gasteiger partial charge in [-0.3, -0.25) is 4.79 Å². The smallest absolute Gasteiger partial charge is 0.191 e. The fourth-order valence-electron chi connectivity index (χ4n) is 2.91. The van der Waals surface area contributed by atoms with Gasteiger partial charge in [0.25, 0.3) is 0 Å². The van der Waals surface area contributed by atoms with E-state index in [-0.39, 0.29) is 11.5 Å². The first-order valence-corrected chi connectivity index (χ1v) is 12.0. The number of hydrogen-bond donors (Lipinski definition) is 0. The molecule has 0 amide bonds. The molecule has 1 atom stereocenters. The van der Waals surface area contributed by atoms with E-state index in [1.54, 1.807) is 11.3 Å². The first-order valence-electron chi connectivity index (χ1n) is 9.24. The van der Waals surface area contributed by atoms with Gasteiger partial charge in [-0.15, -0.1) is 32.9 Å². The predicted octanol–water partition coefficient (Wildman–Crippen LogP) is 5.12. The molecule has 0 spiro atoms. The van der Waals surface area contributed by atoms with Crippen molar-refractivity contribution in [3.05, 3.63) is 58.2 Å². The van der Waals surface area contributed by atoms with Crippen LogP contribution in [0.3, 0.4) is 0 Å². The van der Waals surface area contributed by atoms with E-state index in [0.29, 0.717) is 16.7 Å². The SMILES string of the molecule is CCn1c(SCC(=O)[C@H](C#N)c2nc(-c3ccccc3)cs2)nnc1-c1cccs1.